The number of rotatable bonds is 5. The number of aromatic nitrogens is 1. The number of hydrogen-bond donors (Lipinski definition) is 0. The normalized spacial score (nSPS) is 15.9. The lowest BCUT2D eigenvalue weighted by Crippen LogP contribution is -2.14. The van der Waals surface area contributed by atoms with E-state index in [1.165, 1.54) is 19.3 Å². The van der Waals surface area contributed by atoms with Crippen LogP contribution in [0.25, 0.3) is 0 Å². The molecule has 4 heteroatoms. The maximum absolute atomic E-state index is 6.03. The first-order chi connectivity index (χ1) is 7.79. The molecule has 0 aliphatic heterocycles. The number of alkyl halides is 1. The van der Waals surface area contributed by atoms with E-state index in [1.54, 1.807) is 12.3 Å². The zero-order valence-electron chi connectivity index (χ0n) is 9.09. The fourth-order valence-electron chi connectivity index (χ4n) is 1.75. The second-order valence-electron chi connectivity index (χ2n) is 4.20. The van der Waals surface area contributed by atoms with Crippen molar-refractivity contribution in [3.63, 3.8) is 0 Å². The minimum Gasteiger partial charge on any atom is -0.477 e. The zero-order chi connectivity index (χ0) is 11.4. The van der Waals surface area contributed by atoms with Gasteiger partial charge in [0.05, 0.1) is 6.61 Å². The molecule has 0 spiro atoms. The Morgan fingerprint density at radius 1 is 1.44 bits per heavy atom. The average molecular weight is 260 g/mol. The van der Waals surface area contributed by atoms with Crippen LogP contribution < -0.4 is 4.74 Å². The molecule has 1 aliphatic carbocycles. The van der Waals surface area contributed by atoms with Crippen LogP contribution in [-0.4, -0.2) is 11.6 Å². The van der Waals surface area contributed by atoms with Crippen LogP contribution in [0, 0.1) is 5.92 Å². The third-order valence-corrected chi connectivity index (χ3v) is 3.59. The van der Waals surface area contributed by atoms with Gasteiger partial charge in [-0.15, -0.1) is 11.6 Å². The third-order valence-electron chi connectivity index (χ3n) is 3.01. The molecule has 0 aromatic carbocycles. The lowest BCUT2D eigenvalue weighted by atomic mass is 9.83. The summed E-state index contributed by atoms with van der Waals surface area (Å²) in [5.41, 5.74) is 0.915. The van der Waals surface area contributed by atoms with Crippen molar-refractivity contribution < 1.29 is 4.74 Å². The Morgan fingerprint density at radius 2 is 2.25 bits per heavy atom. The van der Waals surface area contributed by atoms with E-state index in [0.717, 1.165) is 17.9 Å². The number of pyridine rings is 1. The van der Waals surface area contributed by atoms with E-state index in [1.807, 2.05) is 0 Å². The summed E-state index contributed by atoms with van der Waals surface area (Å²) in [4.78, 5) is 4.15. The van der Waals surface area contributed by atoms with Crippen LogP contribution >= 0.6 is 23.2 Å². The second-order valence-corrected chi connectivity index (χ2v) is 4.87. The molecule has 0 unspecified atom stereocenters. The summed E-state index contributed by atoms with van der Waals surface area (Å²) < 4.78 is 5.56. The van der Waals surface area contributed by atoms with Crippen LogP contribution in [0.2, 0.25) is 5.02 Å². The Labute approximate surface area is 106 Å². The summed E-state index contributed by atoms with van der Waals surface area (Å²) in [6, 6.07) is 1.81. The second kappa shape index (κ2) is 5.74. The highest BCUT2D eigenvalue weighted by molar-refractivity contribution is 6.32. The third kappa shape index (κ3) is 3.02. The van der Waals surface area contributed by atoms with Gasteiger partial charge in [0, 0.05) is 12.1 Å². The molecule has 0 N–H and O–H groups in total. The highest BCUT2D eigenvalue weighted by Crippen LogP contribution is 2.30. The maximum atomic E-state index is 6.03. The van der Waals surface area contributed by atoms with Crippen LogP contribution in [-0.2, 0) is 5.88 Å². The zero-order valence-corrected chi connectivity index (χ0v) is 10.6. The van der Waals surface area contributed by atoms with E-state index in [4.69, 9.17) is 27.9 Å². The molecule has 1 aromatic heterocycles. The van der Waals surface area contributed by atoms with Crippen molar-refractivity contribution in [2.24, 2.45) is 5.92 Å². The summed E-state index contributed by atoms with van der Waals surface area (Å²) in [5.74, 6) is 1.80. The fourth-order valence-corrected chi connectivity index (χ4v) is 2.14. The molecule has 1 aliphatic rings. The first-order valence-electron chi connectivity index (χ1n) is 5.63. The van der Waals surface area contributed by atoms with Crippen LogP contribution in [0.1, 0.15) is 31.2 Å². The van der Waals surface area contributed by atoms with E-state index >= 15 is 0 Å². The van der Waals surface area contributed by atoms with Crippen molar-refractivity contribution in [1.82, 2.24) is 4.98 Å². The number of hydrogen-bond acceptors (Lipinski definition) is 2. The van der Waals surface area contributed by atoms with Gasteiger partial charge in [-0.1, -0.05) is 30.9 Å². The first-order valence-corrected chi connectivity index (χ1v) is 6.54. The minimum atomic E-state index is 0.426. The largest absolute Gasteiger partial charge is 0.477 e. The van der Waals surface area contributed by atoms with Crippen molar-refractivity contribution >= 4 is 23.2 Å². The Kier molecular flexibility index (Phi) is 4.30. The summed E-state index contributed by atoms with van der Waals surface area (Å²) in [6.07, 6.45) is 6.87. The van der Waals surface area contributed by atoms with Crippen molar-refractivity contribution in [3.05, 3.63) is 22.8 Å². The van der Waals surface area contributed by atoms with E-state index in [-0.39, 0.29) is 0 Å². The van der Waals surface area contributed by atoms with Gasteiger partial charge in [0.15, 0.2) is 0 Å². The van der Waals surface area contributed by atoms with Crippen LogP contribution in [0.4, 0.5) is 0 Å². The molecule has 2 rings (SSSR count). The fraction of sp³-hybridized carbons (Fsp3) is 0.583. The van der Waals surface area contributed by atoms with Crippen LogP contribution in [0.15, 0.2) is 12.3 Å². The quantitative estimate of drug-likeness (QED) is 0.745. The molecule has 1 aromatic rings. The topological polar surface area (TPSA) is 22.1 Å². The van der Waals surface area contributed by atoms with Gasteiger partial charge >= 0.3 is 0 Å². The van der Waals surface area contributed by atoms with E-state index in [9.17, 15) is 0 Å². The standard InChI is InChI=1S/C12H15Cl2NO/c13-7-10-6-11(14)12(15-8-10)16-5-4-9-2-1-3-9/h6,8-9H,1-5,7H2. The monoisotopic (exact) mass is 259 g/mol. The minimum absolute atomic E-state index is 0.426. The molecule has 0 saturated heterocycles. The predicted octanol–water partition coefficient (Wildman–Crippen LogP) is 4.04. The summed E-state index contributed by atoms with van der Waals surface area (Å²) in [7, 11) is 0. The maximum Gasteiger partial charge on any atom is 0.232 e. The first kappa shape index (κ1) is 12.0. The summed E-state index contributed by atoms with van der Waals surface area (Å²) in [6.45, 7) is 0.706. The van der Waals surface area contributed by atoms with Crippen LogP contribution in [0.5, 0.6) is 5.88 Å². The van der Waals surface area contributed by atoms with Gasteiger partial charge in [0.2, 0.25) is 5.88 Å². The van der Waals surface area contributed by atoms with Gasteiger partial charge in [-0.05, 0) is 24.0 Å². The van der Waals surface area contributed by atoms with Crippen molar-refractivity contribution in [2.45, 2.75) is 31.6 Å². The summed E-state index contributed by atoms with van der Waals surface area (Å²) >= 11 is 11.7. The number of halogens is 2. The van der Waals surface area contributed by atoms with Crippen molar-refractivity contribution in [1.29, 1.82) is 0 Å². The molecule has 1 saturated carbocycles. The van der Waals surface area contributed by atoms with Crippen molar-refractivity contribution in [2.75, 3.05) is 6.61 Å². The highest BCUT2D eigenvalue weighted by atomic mass is 35.5. The lowest BCUT2D eigenvalue weighted by Gasteiger charge is -2.24. The molecule has 2 nitrogen and oxygen atoms in total. The van der Waals surface area contributed by atoms with Gasteiger partial charge in [-0.2, -0.15) is 0 Å². The Hall–Kier alpha value is -0.470. The highest BCUT2D eigenvalue weighted by Gasteiger charge is 2.17. The van der Waals surface area contributed by atoms with E-state index in [0.29, 0.717) is 23.4 Å². The van der Waals surface area contributed by atoms with Gasteiger partial charge in [0.1, 0.15) is 5.02 Å². The molecular formula is C12H15Cl2NO. The van der Waals surface area contributed by atoms with Gasteiger partial charge in [0.25, 0.3) is 0 Å². The van der Waals surface area contributed by atoms with Gasteiger partial charge in [-0.3, -0.25) is 0 Å². The number of nitrogens with zero attached hydrogens (tertiary/aromatic N) is 1. The Balaban J connectivity index is 1.83. The van der Waals surface area contributed by atoms with Crippen LogP contribution in [0.3, 0.4) is 0 Å². The summed E-state index contributed by atoms with van der Waals surface area (Å²) in [5, 5.41) is 0.548. The average Bonchev–Trinajstić information content (AvgIpc) is 2.23. The SMILES string of the molecule is ClCc1cnc(OCCC2CCC2)c(Cl)c1. The Bertz CT molecular complexity index is 353. The molecule has 16 heavy (non-hydrogen) atoms. The molecule has 1 fully saturated rings. The van der Waals surface area contributed by atoms with Crippen molar-refractivity contribution in [3.8, 4) is 5.88 Å². The molecule has 0 atom stereocenters. The molecule has 0 amide bonds. The Morgan fingerprint density at radius 3 is 2.81 bits per heavy atom. The molecule has 0 radical (unpaired) electrons. The smallest absolute Gasteiger partial charge is 0.232 e. The molecule has 88 valence electrons. The lowest BCUT2D eigenvalue weighted by molar-refractivity contribution is 0.217. The number of ether oxygens (including phenoxy) is 1. The van der Waals surface area contributed by atoms with Gasteiger partial charge < -0.3 is 4.74 Å². The van der Waals surface area contributed by atoms with E-state index < -0.39 is 0 Å². The van der Waals surface area contributed by atoms with E-state index in [2.05, 4.69) is 4.98 Å². The molecule has 1 heterocycles. The van der Waals surface area contributed by atoms with Gasteiger partial charge in [-0.25, -0.2) is 4.98 Å². The molecule has 0 bridgehead atoms. The predicted molar refractivity (Wildman–Crippen MR) is 66.3 cm³/mol. The molecular weight excluding hydrogens is 245 g/mol.